The van der Waals surface area contributed by atoms with E-state index in [1.54, 1.807) is 11.3 Å². The van der Waals surface area contributed by atoms with Gasteiger partial charge in [-0.05, 0) is 34.9 Å². The third-order valence-corrected chi connectivity index (χ3v) is 3.08. The lowest BCUT2D eigenvalue weighted by atomic mass is 10.1. The van der Waals surface area contributed by atoms with Crippen LogP contribution in [0.3, 0.4) is 0 Å². The van der Waals surface area contributed by atoms with Gasteiger partial charge >= 0.3 is 0 Å². The van der Waals surface area contributed by atoms with Crippen molar-refractivity contribution in [3.8, 4) is 0 Å². The number of hydrogen-bond acceptors (Lipinski definition) is 2. The number of benzene rings is 1. The molecule has 12 heavy (non-hydrogen) atoms. The second-order valence-electron chi connectivity index (χ2n) is 2.91. The van der Waals surface area contributed by atoms with E-state index in [1.165, 1.54) is 15.6 Å². The van der Waals surface area contributed by atoms with Crippen LogP contribution in [0.5, 0.6) is 0 Å². The summed E-state index contributed by atoms with van der Waals surface area (Å²) in [6.45, 7) is 2.24. The highest BCUT2D eigenvalue weighted by Crippen LogP contribution is 2.26. The van der Waals surface area contributed by atoms with Gasteiger partial charge in [-0.1, -0.05) is 12.1 Å². The zero-order valence-electron chi connectivity index (χ0n) is 6.87. The van der Waals surface area contributed by atoms with Crippen LogP contribution in [-0.4, -0.2) is 5.11 Å². The molecular formula is C10H10OS. The van der Waals surface area contributed by atoms with Gasteiger partial charge in [0.25, 0.3) is 0 Å². The standard InChI is InChI=1S/C10H10OS/c1-7-6-12-10-4-8(5-11)2-3-9(7)10/h2-4,6,11H,5H2,1H3. The largest absolute Gasteiger partial charge is 0.392 e. The summed E-state index contributed by atoms with van der Waals surface area (Å²) < 4.78 is 1.26. The molecule has 0 unspecified atom stereocenters. The molecule has 0 spiro atoms. The number of aliphatic hydroxyl groups is 1. The van der Waals surface area contributed by atoms with Crippen LogP contribution in [-0.2, 0) is 6.61 Å². The highest BCUT2D eigenvalue weighted by Gasteiger charge is 1.99. The van der Waals surface area contributed by atoms with Crippen molar-refractivity contribution in [1.29, 1.82) is 0 Å². The van der Waals surface area contributed by atoms with Gasteiger partial charge in [-0.2, -0.15) is 0 Å². The van der Waals surface area contributed by atoms with E-state index in [1.807, 2.05) is 12.1 Å². The monoisotopic (exact) mass is 178 g/mol. The summed E-state index contributed by atoms with van der Waals surface area (Å²) in [5, 5.41) is 12.4. The predicted octanol–water partition coefficient (Wildman–Crippen LogP) is 2.70. The first kappa shape index (κ1) is 7.77. The molecule has 62 valence electrons. The molecular weight excluding hydrogens is 168 g/mol. The fourth-order valence-corrected chi connectivity index (χ4v) is 2.31. The van der Waals surface area contributed by atoms with E-state index in [9.17, 15) is 0 Å². The van der Waals surface area contributed by atoms with Crippen molar-refractivity contribution in [2.45, 2.75) is 13.5 Å². The van der Waals surface area contributed by atoms with Gasteiger partial charge in [0.05, 0.1) is 6.61 Å². The zero-order valence-corrected chi connectivity index (χ0v) is 7.69. The molecule has 2 heteroatoms. The molecule has 0 amide bonds. The second kappa shape index (κ2) is 2.88. The number of fused-ring (bicyclic) bond motifs is 1. The molecule has 0 saturated heterocycles. The Morgan fingerprint density at radius 1 is 1.42 bits per heavy atom. The average molecular weight is 178 g/mol. The smallest absolute Gasteiger partial charge is 0.0682 e. The van der Waals surface area contributed by atoms with Crippen molar-refractivity contribution >= 4 is 21.4 Å². The molecule has 0 bridgehead atoms. The molecule has 0 radical (unpaired) electrons. The van der Waals surface area contributed by atoms with E-state index in [-0.39, 0.29) is 6.61 Å². The lowest BCUT2D eigenvalue weighted by molar-refractivity contribution is 0.282. The first-order valence-corrected chi connectivity index (χ1v) is 4.77. The zero-order chi connectivity index (χ0) is 8.55. The summed E-state index contributed by atoms with van der Waals surface area (Å²) in [4.78, 5) is 0. The third kappa shape index (κ3) is 1.13. The Morgan fingerprint density at radius 3 is 3.00 bits per heavy atom. The molecule has 2 aromatic rings. The van der Waals surface area contributed by atoms with Gasteiger partial charge in [0.15, 0.2) is 0 Å². The van der Waals surface area contributed by atoms with Crippen LogP contribution in [0, 0.1) is 6.92 Å². The summed E-state index contributed by atoms with van der Waals surface area (Å²) in [7, 11) is 0. The number of thiophene rings is 1. The van der Waals surface area contributed by atoms with Crippen LogP contribution in [0.4, 0.5) is 0 Å². The lowest BCUT2D eigenvalue weighted by Crippen LogP contribution is -1.80. The molecule has 0 aliphatic heterocycles. The number of rotatable bonds is 1. The van der Waals surface area contributed by atoms with Crippen LogP contribution >= 0.6 is 11.3 Å². The third-order valence-electron chi connectivity index (χ3n) is 2.02. The van der Waals surface area contributed by atoms with Crippen LogP contribution in [0.2, 0.25) is 0 Å². The maximum atomic E-state index is 8.91. The topological polar surface area (TPSA) is 20.2 Å². The van der Waals surface area contributed by atoms with Crippen molar-refractivity contribution < 1.29 is 5.11 Å². The highest BCUT2D eigenvalue weighted by atomic mass is 32.1. The Hall–Kier alpha value is -0.860. The quantitative estimate of drug-likeness (QED) is 0.711. The first-order valence-electron chi connectivity index (χ1n) is 3.89. The van der Waals surface area contributed by atoms with Crippen LogP contribution in [0.1, 0.15) is 11.1 Å². The van der Waals surface area contributed by atoms with Crippen molar-refractivity contribution in [3.63, 3.8) is 0 Å². The van der Waals surface area contributed by atoms with Gasteiger partial charge < -0.3 is 5.11 Å². The van der Waals surface area contributed by atoms with Gasteiger partial charge in [0.2, 0.25) is 0 Å². The SMILES string of the molecule is Cc1csc2cc(CO)ccc12. The van der Waals surface area contributed by atoms with E-state index >= 15 is 0 Å². The molecule has 1 heterocycles. The van der Waals surface area contributed by atoms with E-state index in [4.69, 9.17) is 5.11 Å². The molecule has 0 fully saturated rings. The van der Waals surface area contributed by atoms with Crippen molar-refractivity contribution in [3.05, 3.63) is 34.7 Å². The van der Waals surface area contributed by atoms with E-state index in [2.05, 4.69) is 18.4 Å². The maximum absolute atomic E-state index is 8.91. The van der Waals surface area contributed by atoms with Crippen LogP contribution in [0.15, 0.2) is 23.6 Å². The molecule has 0 atom stereocenters. The van der Waals surface area contributed by atoms with Gasteiger partial charge in [0, 0.05) is 4.70 Å². The summed E-state index contributed by atoms with van der Waals surface area (Å²) in [5.74, 6) is 0. The minimum absolute atomic E-state index is 0.132. The van der Waals surface area contributed by atoms with Crippen molar-refractivity contribution in [2.75, 3.05) is 0 Å². The van der Waals surface area contributed by atoms with Gasteiger partial charge in [-0.25, -0.2) is 0 Å². The molecule has 1 aromatic carbocycles. The number of aryl methyl sites for hydroxylation is 1. The minimum atomic E-state index is 0.132. The van der Waals surface area contributed by atoms with Crippen LogP contribution < -0.4 is 0 Å². The Balaban J connectivity index is 2.69. The van der Waals surface area contributed by atoms with Gasteiger partial charge in [0.1, 0.15) is 0 Å². The molecule has 1 N–H and O–H groups in total. The number of aliphatic hydroxyl groups excluding tert-OH is 1. The molecule has 0 saturated carbocycles. The molecule has 0 aliphatic rings. The molecule has 1 nitrogen and oxygen atoms in total. The summed E-state index contributed by atoms with van der Waals surface area (Å²) >= 11 is 1.73. The summed E-state index contributed by atoms with van der Waals surface area (Å²) in [6, 6.07) is 6.10. The lowest BCUT2D eigenvalue weighted by Gasteiger charge is -1.95. The van der Waals surface area contributed by atoms with E-state index in [0.717, 1.165) is 5.56 Å². The van der Waals surface area contributed by atoms with Crippen LogP contribution in [0.25, 0.3) is 10.1 Å². The van der Waals surface area contributed by atoms with Crippen molar-refractivity contribution in [2.24, 2.45) is 0 Å². The predicted molar refractivity (Wildman–Crippen MR) is 52.5 cm³/mol. The first-order chi connectivity index (χ1) is 5.81. The molecule has 2 rings (SSSR count). The molecule has 1 aromatic heterocycles. The van der Waals surface area contributed by atoms with E-state index in [0.29, 0.717) is 0 Å². The fourth-order valence-electron chi connectivity index (χ4n) is 1.30. The summed E-state index contributed by atoms with van der Waals surface area (Å²) in [6.07, 6.45) is 0. The van der Waals surface area contributed by atoms with E-state index < -0.39 is 0 Å². The normalized spacial score (nSPS) is 10.8. The summed E-state index contributed by atoms with van der Waals surface area (Å²) in [5.41, 5.74) is 2.31. The molecule has 0 aliphatic carbocycles. The minimum Gasteiger partial charge on any atom is -0.392 e. The highest BCUT2D eigenvalue weighted by molar-refractivity contribution is 7.17. The van der Waals surface area contributed by atoms with Gasteiger partial charge in [-0.15, -0.1) is 11.3 Å². The fraction of sp³-hybridized carbons (Fsp3) is 0.200. The maximum Gasteiger partial charge on any atom is 0.0682 e. The second-order valence-corrected chi connectivity index (χ2v) is 3.82. The Labute approximate surface area is 75.3 Å². The van der Waals surface area contributed by atoms with Gasteiger partial charge in [-0.3, -0.25) is 0 Å². The van der Waals surface area contributed by atoms with Crippen molar-refractivity contribution in [1.82, 2.24) is 0 Å². The average Bonchev–Trinajstić information content (AvgIpc) is 2.47. The Bertz CT molecular complexity index is 403. The number of hydrogen-bond donors (Lipinski definition) is 1. The Kier molecular flexibility index (Phi) is 1.87. The Morgan fingerprint density at radius 2 is 2.25 bits per heavy atom.